The standard InChI is InChI=1S/C19H16Cl2N2O5S/c1-8-13-17(24)22-16(23-18(13)29-15(8)19(25)28-4)11(21)6-9-5-10(20)14(27-3)12(7-9)26-2/h5-7H,1-4H3,(H,22,23,24)/b11-6-. The number of aromatic amines is 1. The predicted molar refractivity (Wildman–Crippen MR) is 115 cm³/mol. The second-order valence-electron chi connectivity index (χ2n) is 5.87. The Morgan fingerprint density at radius 2 is 1.97 bits per heavy atom. The first-order valence-corrected chi connectivity index (χ1v) is 9.78. The Labute approximate surface area is 179 Å². The maximum absolute atomic E-state index is 12.6. The molecule has 152 valence electrons. The third kappa shape index (κ3) is 3.96. The summed E-state index contributed by atoms with van der Waals surface area (Å²) >= 11 is 13.7. The molecular weight excluding hydrogens is 439 g/mol. The van der Waals surface area contributed by atoms with Crippen molar-refractivity contribution < 1.29 is 19.0 Å². The summed E-state index contributed by atoms with van der Waals surface area (Å²) in [6, 6.07) is 3.33. The molecule has 0 bridgehead atoms. The molecule has 0 aliphatic heterocycles. The van der Waals surface area contributed by atoms with Gasteiger partial charge in [-0.05, 0) is 36.3 Å². The average molecular weight is 455 g/mol. The van der Waals surface area contributed by atoms with Gasteiger partial charge >= 0.3 is 5.97 Å². The van der Waals surface area contributed by atoms with E-state index in [2.05, 4.69) is 9.97 Å². The van der Waals surface area contributed by atoms with Crippen LogP contribution in [0.2, 0.25) is 5.02 Å². The Bertz CT molecular complexity index is 1200. The number of halogens is 2. The third-order valence-corrected chi connectivity index (χ3v) is 5.88. The van der Waals surface area contributed by atoms with Crippen LogP contribution in [0.5, 0.6) is 11.5 Å². The lowest BCUT2D eigenvalue weighted by Crippen LogP contribution is -2.10. The number of fused-ring (bicyclic) bond motifs is 1. The average Bonchev–Trinajstić information content (AvgIpc) is 3.03. The largest absolute Gasteiger partial charge is 0.493 e. The minimum atomic E-state index is -0.520. The Balaban J connectivity index is 2.10. The number of H-pyrrole nitrogens is 1. The zero-order valence-electron chi connectivity index (χ0n) is 15.9. The molecule has 0 atom stereocenters. The van der Waals surface area contributed by atoms with Crippen molar-refractivity contribution in [3.05, 3.63) is 49.3 Å². The molecule has 1 aromatic carbocycles. The monoisotopic (exact) mass is 454 g/mol. The first-order chi connectivity index (χ1) is 13.8. The molecule has 0 unspecified atom stereocenters. The first-order valence-electron chi connectivity index (χ1n) is 8.21. The fraction of sp³-hybridized carbons (Fsp3) is 0.211. The van der Waals surface area contributed by atoms with E-state index in [4.69, 9.17) is 37.4 Å². The molecule has 1 N–H and O–H groups in total. The smallest absolute Gasteiger partial charge is 0.348 e. The summed E-state index contributed by atoms with van der Waals surface area (Å²) in [7, 11) is 4.26. The molecule has 10 heteroatoms. The van der Waals surface area contributed by atoms with E-state index in [9.17, 15) is 9.59 Å². The van der Waals surface area contributed by atoms with Crippen LogP contribution in [-0.2, 0) is 4.74 Å². The maximum Gasteiger partial charge on any atom is 0.348 e. The van der Waals surface area contributed by atoms with Crippen molar-refractivity contribution >= 4 is 61.8 Å². The minimum Gasteiger partial charge on any atom is -0.493 e. The zero-order valence-corrected chi connectivity index (χ0v) is 18.2. The highest BCUT2D eigenvalue weighted by atomic mass is 35.5. The van der Waals surface area contributed by atoms with Gasteiger partial charge in [0.05, 0.1) is 36.8 Å². The number of hydrogen-bond acceptors (Lipinski definition) is 7. The Hall–Kier alpha value is -2.55. The van der Waals surface area contributed by atoms with E-state index in [1.165, 1.54) is 21.3 Å². The number of aryl methyl sites for hydroxylation is 1. The number of benzene rings is 1. The maximum atomic E-state index is 12.6. The topological polar surface area (TPSA) is 90.5 Å². The molecule has 0 aliphatic carbocycles. The number of methoxy groups -OCH3 is 3. The molecule has 0 spiro atoms. The van der Waals surface area contributed by atoms with Crippen LogP contribution >= 0.6 is 34.5 Å². The van der Waals surface area contributed by atoms with Crippen molar-refractivity contribution in [2.75, 3.05) is 21.3 Å². The van der Waals surface area contributed by atoms with Gasteiger partial charge in [-0.3, -0.25) is 4.79 Å². The van der Waals surface area contributed by atoms with E-state index in [0.717, 1.165) is 11.3 Å². The SMILES string of the molecule is COC(=O)c1sc2nc(/C(Cl)=C/c3cc(Cl)c(OC)c(OC)c3)[nH]c(=O)c2c1C. The molecule has 0 saturated heterocycles. The number of thiophene rings is 1. The number of hydrogen-bond donors (Lipinski definition) is 1. The van der Waals surface area contributed by atoms with Crippen LogP contribution in [-0.4, -0.2) is 37.3 Å². The second-order valence-corrected chi connectivity index (χ2v) is 7.69. The Morgan fingerprint density at radius 3 is 2.59 bits per heavy atom. The number of aromatic nitrogens is 2. The van der Waals surface area contributed by atoms with Crippen LogP contribution < -0.4 is 15.0 Å². The quantitative estimate of drug-likeness (QED) is 0.571. The molecule has 7 nitrogen and oxygen atoms in total. The Kier molecular flexibility index (Phi) is 6.16. The normalized spacial score (nSPS) is 11.6. The van der Waals surface area contributed by atoms with Crippen molar-refractivity contribution in [1.82, 2.24) is 9.97 Å². The van der Waals surface area contributed by atoms with Crippen LogP contribution in [0.25, 0.3) is 21.3 Å². The fourth-order valence-electron chi connectivity index (χ4n) is 2.78. The number of esters is 1. The number of carbonyl (C=O) groups excluding carboxylic acids is 1. The van der Waals surface area contributed by atoms with E-state index in [1.54, 1.807) is 25.1 Å². The lowest BCUT2D eigenvalue weighted by Gasteiger charge is -2.10. The van der Waals surface area contributed by atoms with Gasteiger partial charge in [0.15, 0.2) is 17.3 Å². The number of ether oxygens (including phenoxy) is 3. The number of carbonyl (C=O) groups is 1. The van der Waals surface area contributed by atoms with Gasteiger partial charge < -0.3 is 19.2 Å². The molecule has 0 fully saturated rings. The summed E-state index contributed by atoms with van der Waals surface area (Å²) < 4.78 is 15.2. The molecule has 29 heavy (non-hydrogen) atoms. The van der Waals surface area contributed by atoms with Gasteiger partial charge in [-0.1, -0.05) is 23.2 Å². The molecule has 0 saturated carbocycles. The van der Waals surface area contributed by atoms with Gasteiger partial charge in [0.25, 0.3) is 5.56 Å². The Morgan fingerprint density at radius 1 is 1.24 bits per heavy atom. The first kappa shape index (κ1) is 21.2. The van der Waals surface area contributed by atoms with E-state index in [1.807, 2.05) is 0 Å². The van der Waals surface area contributed by atoms with Gasteiger partial charge in [-0.2, -0.15) is 0 Å². The van der Waals surface area contributed by atoms with Gasteiger partial charge in [0.2, 0.25) is 0 Å². The van der Waals surface area contributed by atoms with Crippen LogP contribution in [0.15, 0.2) is 16.9 Å². The molecule has 2 aromatic heterocycles. The fourth-order valence-corrected chi connectivity index (χ4v) is 4.39. The molecule has 0 aliphatic rings. The summed E-state index contributed by atoms with van der Waals surface area (Å²) in [6.45, 7) is 1.67. The van der Waals surface area contributed by atoms with Crippen LogP contribution in [0.1, 0.15) is 26.6 Å². The van der Waals surface area contributed by atoms with Crippen LogP contribution in [0.4, 0.5) is 0 Å². The third-order valence-electron chi connectivity index (χ3n) is 4.15. The second kappa shape index (κ2) is 8.44. The summed E-state index contributed by atoms with van der Waals surface area (Å²) in [4.78, 5) is 32.2. The number of rotatable bonds is 5. The van der Waals surface area contributed by atoms with Crippen molar-refractivity contribution in [3.63, 3.8) is 0 Å². The summed E-state index contributed by atoms with van der Waals surface area (Å²) in [6.07, 6.45) is 1.58. The minimum absolute atomic E-state index is 0.160. The molecule has 0 radical (unpaired) electrons. The highest BCUT2D eigenvalue weighted by Gasteiger charge is 2.20. The molecule has 3 aromatic rings. The summed E-state index contributed by atoms with van der Waals surface area (Å²) in [5, 5.41) is 0.854. The zero-order chi connectivity index (χ0) is 21.3. The van der Waals surface area contributed by atoms with E-state index >= 15 is 0 Å². The van der Waals surface area contributed by atoms with E-state index in [-0.39, 0.29) is 10.9 Å². The highest BCUT2D eigenvalue weighted by Crippen LogP contribution is 2.37. The molecule has 0 amide bonds. The molecule has 2 heterocycles. The molecular formula is C19H16Cl2N2O5S. The number of nitrogens with one attached hydrogen (secondary N) is 1. The van der Waals surface area contributed by atoms with Crippen molar-refractivity contribution in [3.8, 4) is 11.5 Å². The van der Waals surface area contributed by atoms with Crippen molar-refractivity contribution in [1.29, 1.82) is 0 Å². The lowest BCUT2D eigenvalue weighted by atomic mass is 10.1. The molecule has 3 rings (SSSR count). The van der Waals surface area contributed by atoms with E-state index < -0.39 is 11.5 Å². The number of nitrogens with zero attached hydrogens (tertiary/aromatic N) is 1. The van der Waals surface area contributed by atoms with Crippen LogP contribution in [0.3, 0.4) is 0 Å². The van der Waals surface area contributed by atoms with E-state index in [0.29, 0.717) is 42.7 Å². The van der Waals surface area contributed by atoms with Gasteiger partial charge in [0, 0.05) is 0 Å². The van der Waals surface area contributed by atoms with Gasteiger partial charge in [-0.25, -0.2) is 9.78 Å². The summed E-state index contributed by atoms with van der Waals surface area (Å²) in [5.74, 6) is 0.477. The lowest BCUT2D eigenvalue weighted by molar-refractivity contribution is 0.0605. The van der Waals surface area contributed by atoms with Crippen molar-refractivity contribution in [2.24, 2.45) is 0 Å². The van der Waals surface area contributed by atoms with Gasteiger partial charge in [-0.15, -0.1) is 11.3 Å². The predicted octanol–water partition coefficient (Wildman–Crippen LogP) is 4.49. The van der Waals surface area contributed by atoms with Gasteiger partial charge in [0.1, 0.15) is 9.71 Å². The van der Waals surface area contributed by atoms with Crippen LogP contribution in [0, 0.1) is 6.92 Å². The van der Waals surface area contributed by atoms with Crippen molar-refractivity contribution in [2.45, 2.75) is 6.92 Å². The summed E-state index contributed by atoms with van der Waals surface area (Å²) in [5.41, 5.74) is 0.743. The highest BCUT2D eigenvalue weighted by molar-refractivity contribution is 7.20.